The van der Waals surface area contributed by atoms with Gasteiger partial charge in [0.05, 0.1) is 6.21 Å². The molecule has 3 aromatic rings. The summed E-state index contributed by atoms with van der Waals surface area (Å²) in [6.45, 7) is 2.87. The van der Waals surface area contributed by atoms with E-state index in [-0.39, 0.29) is 17.2 Å². The summed E-state index contributed by atoms with van der Waals surface area (Å²) < 4.78 is 2.14. The lowest BCUT2D eigenvalue weighted by Crippen LogP contribution is -2.22. The Morgan fingerprint density at radius 2 is 2.10 bits per heavy atom. The summed E-state index contributed by atoms with van der Waals surface area (Å²) in [4.78, 5) is 12.7. The van der Waals surface area contributed by atoms with E-state index in [1.165, 1.54) is 19.3 Å². The van der Waals surface area contributed by atoms with Crippen LogP contribution < -0.4 is 5.43 Å². The molecule has 1 aromatic heterocycles. The number of carbonyl (C=O) groups excluding carboxylic acids is 1. The molecule has 1 N–H and O–H groups in total. The topological polar surface area (TPSA) is 46.4 Å². The molecule has 2 aliphatic carbocycles. The van der Waals surface area contributed by atoms with Gasteiger partial charge in [-0.1, -0.05) is 67.2 Å². The Morgan fingerprint density at radius 3 is 2.87 bits per heavy atom. The highest BCUT2D eigenvalue weighted by molar-refractivity contribution is 6.35. The van der Waals surface area contributed by atoms with E-state index < -0.39 is 0 Å². The lowest BCUT2D eigenvalue weighted by Gasteiger charge is -2.15. The van der Waals surface area contributed by atoms with E-state index >= 15 is 0 Å². The van der Waals surface area contributed by atoms with Gasteiger partial charge in [0.1, 0.15) is 0 Å². The Balaban J connectivity index is 1.35. The van der Waals surface area contributed by atoms with Crippen molar-refractivity contribution in [1.29, 1.82) is 0 Å². The number of nitrogens with one attached hydrogen (secondary N) is 1. The van der Waals surface area contributed by atoms with E-state index in [2.05, 4.69) is 34.2 Å². The number of hydrazone groups is 1. The van der Waals surface area contributed by atoms with E-state index in [1.807, 2.05) is 30.5 Å². The number of fused-ring (bicyclic) bond motifs is 2. The second kappa shape index (κ2) is 7.99. The van der Waals surface area contributed by atoms with Gasteiger partial charge in [0.25, 0.3) is 0 Å². The van der Waals surface area contributed by atoms with Crippen LogP contribution in [-0.4, -0.2) is 16.7 Å². The van der Waals surface area contributed by atoms with Crippen molar-refractivity contribution in [2.45, 2.75) is 39.2 Å². The molecule has 3 atom stereocenters. The van der Waals surface area contributed by atoms with Crippen molar-refractivity contribution in [2.75, 3.05) is 0 Å². The van der Waals surface area contributed by atoms with E-state index in [0.29, 0.717) is 22.5 Å². The standard InChI is InChI=1S/C25H25Cl2N3O/c1-25-11-5-4-7-20(25)23(25)24(31)29-28-13-17-15-30(22-8-3-2-6-19(17)22)14-16-9-10-18(26)12-21(16)27/h2-3,6,8-10,12-13,15,20,23H,4-5,7,11,14H2,1H3,(H,29,31)/b28-13-/t20-,23+,25-/m0/s1. The van der Waals surface area contributed by atoms with Crippen molar-refractivity contribution in [2.24, 2.45) is 22.4 Å². The van der Waals surface area contributed by atoms with Gasteiger partial charge in [0.2, 0.25) is 5.91 Å². The predicted octanol–water partition coefficient (Wildman–Crippen LogP) is 6.27. The quantitative estimate of drug-likeness (QED) is 0.358. The number of nitrogens with zero attached hydrogens (tertiary/aromatic N) is 2. The third kappa shape index (κ3) is 3.77. The third-order valence-electron chi connectivity index (χ3n) is 7.17. The van der Waals surface area contributed by atoms with Crippen molar-refractivity contribution in [3.63, 3.8) is 0 Å². The molecule has 2 saturated carbocycles. The molecule has 0 aliphatic heterocycles. The van der Waals surface area contributed by atoms with Gasteiger partial charge in [-0.3, -0.25) is 4.79 Å². The third-order valence-corrected chi connectivity index (χ3v) is 7.75. The minimum atomic E-state index is 0.0577. The van der Waals surface area contributed by atoms with Crippen LogP contribution in [0, 0.1) is 17.3 Å². The minimum Gasteiger partial charge on any atom is -0.342 e. The molecule has 31 heavy (non-hydrogen) atoms. The van der Waals surface area contributed by atoms with Gasteiger partial charge >= 0.3 is 0 Å². The van der Waals surface area contributed by atoms with Gasteiger partial charge in [0, 0.05) is 45.2 Å². The van der Waals surface area contributed by atoms with E-state index in [4.69, 9.17) is 23.2 Å². The summed E-state index contributed by atoms with van der Waals surface area (Å²) in [5.41, 5.74) is 6.02. The average molecular weight is 454 g/mol. The van der Waals surface area contributed by atoms with E-state index in [9.17, 15) is 4.79 Å². The highest BCUT2D eigenvalue weighted by Gasteiger charge is 2.64. The fourth-order valence-corrected chi connectivity index (χ4v) is 5.90. The first-order chi connectivity index (χ1) is 15.0. The molecule has 1 heterocycles. The Kier molecular flexibility index (Phi) is 5.31. The maximum absolute atomic E-state index is 12.7. The van der Waals surface area contributed by atoms with Gasteiger partial charge in [-0.05, 0) is 47.9 Å². The zero-order valence-corrected chi connectivity index (χ0v) is 19.0. The summed E-state index contributed by atoms with van der Waals surface area (Å²) in [6, 6.07) is 13.7. The van der Waals surface area contributed by atoms with Crippen LogP contribution in [-0.2, 0) is 11.3 Å². The molecule has 1 amide bonds. The zero-order valence-electron chi connectivity index (χ0n) is 17.4. The summed E-state index contributed by atoms with van der Waals surface area (Å²) >= 11 is 12.4. The minimum absolute atomic E-state index is 0.0577. The number of amides is 1. The van der Waals surface area contributed by atoms with E-state index in [0.717, 1.165) is 28.5 Å². The van der Waals surface area contributed by atoms with Crippen molar-refractivity contribution in [3.8, 4) is 0 Å². The van der Waals surface area contributed by atoms with Crippen LogP contribution in [0.1, 0.15) is 43.7 Å². The molecule has 6 heteroatoms. The molecule has 0 radical (unpaired) electrons. The van der Waals surface area contributed by atoms with Crippen LogP contribution in [0.25, 0.3) is 10.9 Å². The molecule has 0 bridgehead atoms. The fourth-order valence-electron chi connectivity index (χ4n) is 5.43. The van der Waals surface area contributed by atoms with Crippen LogP contribution in [0.15, 0.2) is 53.8 Å². The second-order valence-electron chi connectivity index (χ2n) is 9.04. The Labute approximate surface area is 192 Å². The molecule has 0 saturated heterocycles. The fraction of sp³-hybridized carbons (Fsp3) is 0.360. The maximum atomic E-state index is 12.7. The van der Waals surface area contributed by atoms with Gasteiger partial charge in [-0.25, -0.2) is 5.43 Å². The Hall–Kier alpha value is -2.30. The summed E-state index contributed by atoms with van der Waals surface area (Å²) in [6.07, 6.45) is 8.58. The van der Waals surface area contributed by atoms with Crippen LogP contribution in [0.4, 0.5) is 0 Å². The lowest BCUT2D eigenvalue weighted by atomic mass is 9.90. The smallest absolute Gasteiger partial charge is 0.244 e. The normalized spacial score (nSPS) is 25.0. The molecular formula is C25H25Cl2N3O. The molecular weight excluding hydrogens is 429 g/mol. The molecule has 5 rings (SSSR count). The molecule has 160 valence electrons. The Morgan fingerprint density at radius 1 is 1.26 bits per heavy atom. The largest absolute Gasteiger partial charge is 0.342 e. The molecule has 0 unspecified atom stereocenters. The van der Waals surface area contributed by atoms with Gasteiger partial charge in [0.15, 0.2) is 0 Å². The van der Waals surface area contributed by atoms with Gasteiger partial charge < -0.3 is 4.57 Å². The number of hydrogen-bond donors (Lipinski definition) is 1. The molecule has 4 nitrogen and oxygen atoms in total. The maximum Gasteiger partial charge on any atom is 0.244 e. The monoisotopic (exact) mass is 453 g/mol. The molecule has 2 aliphatic rings. The highest BCUT2D eigenvalue weighted by atomic mass is 35.5. The van der Waals surface area contributed by atoms with Crippen LogP contribution in [0.3, 0.4) is 0 Å². The van der Waals surface area contributed by atoms with Crippen molar-refractivity contribution in [1.82, 2.24) is 9.99 Å². The summed E-state index contributed by atoms with van der Waals surface area (Å²) in [5, 5.41) is 6.66. The average Bonchev–Trinajstić information content (AvgIpc) is 3.25. The number of carbonyl (C=O) groups is 1. The second-order valence-corrected chi connectivity index (χ2v) is 9.88. The first-order valence-electron chi connectivity index (χ1n) is 10.8. The van der Waals surface area contributed by atoms with E-state index in [1.54, 1.807) is 12.3 Å². The molecule has 0 spiro atoms. The summed E-state index contributed by atoms with van der Waals surface area (Å²) in [5.74, 6) is 0.699. The van der Waals surface area contributed by atoms with Gasteiger partial charge in [-0.15, -0.1) is 0 Å². The first kappa shape index (κ1) is 20.6. The lowest BCUT2D eigenvalue weighted by molar-refractivity contribution is -0.123. The van der Waals surface area contributed by atoms with Crippen LogP contribution in [0.2, 0.25) is 10.0 Å². The zero-order chi connectivity index (χ0) is 21.6. The molecule has 2 fully saturated rings. The SMILES string of the molecule is C[C@]12CCCC[C@H]1[C@@H]2C(=O)N/N=C\c1cn(Cc2ccc(Cl)cc2Cl)c2ccccc12. The van der Waals surface area contributed by atoms with Crippen molar-refractivity contribution >= 4 is 46.2 Å². The predicted molar refractivity (Wildman–Crippen MR) is 127 cm³/mol. The van der Waals surface area contributed by atoms with Crippen LogP contribution in [0.5, 0.6) is 0 Å². The number of para-hydroxylation sites is 1. The number of benzene rings is 2. The van der Waals surface area contributed by atoms with Gasteiger partial charge in [-0.2, -0.15) is 5.10 Å². The van der Waals surface area contributed by atoms with Crippen molar-refractivity contribution < 1.29 is 4.79 Å². The number of rotatable bonds is 5. The number of hydrogen-bond acceptors (Lipinski definition) is 2. The molecule has 2 aromatic carbocycles. The highest BCUT2D eigenvalue weighted by Crippen LogP contribution is 2.66. The first-order valence-corrected chi connectivity index (χ1v) is 11.6. The number of halogens is 2. The number of aromatic nitrogens is 1. The van der Waals surface area contributed by atoms with Crippen LogP contribution >= 0.6 is 23.2 Å². The van der Waals surface area contributed by atoms with Crippen molar-refractivity contribution in [3.05, 3.63) is 69.8 Å². The Bertz CT molecular complexity index is 1180. The summed E-state index contributed by atoms with van der Waals surface area (Å²) in [7, 11) is 0.